The van der Waals surface area contributed by atoms with Crippen molar-refractivity contribution in [3.63, 3.8) is 0 Å². The van der Waals surface area contributed by atoms with Crippen LogP contribution in [0.1, 0.15) is 354 Å². The highest BCUT2D eigenvalue weighted by molar-refractivity contribution is 5.76. The van der Waals surface area contributed by atoms with E-state index in [0.29, 0.717) is 25.9 Å². The summed E-state index contributed by atoms with van der Waals surface area (Å²) in [5.41, 5.74) is 0. The summed E-state index contributed by atoms with van der Waals surface area (Å²) >= 11 is 0. The maximum Gasteiger partial charge on any atom is 0.305 e. The normalized spacial score (nSPS) is 12.8. The van der Waals surface area contributed by atoms with Crippen molar-refractivity contribution in [1.82, 2.24) is 5.32 Å². The quantitative estimate of drug-likeness (QED) is 0.0320. The number of aliphatic hydroxyl groups is 2. The van der Waals surface area contributed by atoms with Crippen molar-refractivity contribution in [1.29, 1.82) is 0 Å². The van der Waals surface area contributed by atoms with Crippen LogP contribution in [0.5, 0.6) is 0 Å². The van der Waals surface area contributed by atoms with E-state index in [9.17, 15) is 19.8 Å². The van der Waals surface area contributed by atoms with Gasteiger partial charge in [0.2, 0.25) is 5.91 Å². The van der Waals surface area contributed by atoms with Crippen LogP contribution in [0.15, 0.2) is 36.5 Å². The van der Waals surface area contributed by atoms with Gasteiger partial charge in [-0.1, -0.05) is 294 Å². The fourth-order valence-corrected chi connectivity index (χ4v) is 10.1. The molecule has 0 radical (unpaired) electrons. The van der Waals surface area contributed by atoms with Crippen LogP contribution in [0.4, 0.5) is 0 Å². The average Bonchev–Trinajstić information content (AvgIpc) is 3.39. The number of carbonyl (C=O) groups is 2. The molecule has 0 saturated heterocycles. The molecule has 6 nitrogen and oxygen atoms in total. The number of esters is 1. The van der Waals surface area contributed by atoms with Crippen molar-refractivity contribution in [2.75, 3.05) is 13.2 Å². The monoisotopic (exact) mass is 1030 g/mol. The minimum Gasteiger partial charge on any atom is -0.466 e. The van der Waals surface area contributed by atoms with Gasteiger partial charge in [-0.15, -0.1) is 0 Å². The summed E-state index contributed by atoms with van der Waals surface area (Å²) in [4.78, 5) is 24.5. The first-order valence-electron chi connectivity index (χ1n) is 32.7. The van der Waals surface area contributed by atoms with Gasteiger partial charge in [0, 0.05) is 12.8 Å². The standard InChI is InChI=1S/C67H127NO5/c1-3-5-7-9-11-13-14-15-16-31-35-38-41-45-49-53-57-61-67(72)73-62-58-54-50-46-42-39-36-33-30-28-26-24-22-20-18-17-19-21-23-25-27-29-32-34-37-40-44-48-52-56-60-66(71)68-64(63-69)65(70)59-55-51-47-43-12-10-8-6-4-2/h11,13,15-16,18,20,64-65,69-70H,3-10,12,14,17,19,21-63H2,1-2H3,(H,68,71)/b13-11-,16-15-,20-18-. The molecule has 0 saturated carbocycles. The van der Waals surface area contributed by atoms with Crippen molar-refractivity contribution >= 4 is 11.9 Å². The number of allylic oxidation sites excluding steroid dienone is 6. The second-order valence-corrected chi connectivity index (χ2v) is 22.4. The number of carbonyl (C=O) groups excluding carboxylic acids is 2. The lowest BCUT2D eigenvalue weighted by molar-refractivity contribution is -0.143. The van der Waals surface area contributed by atoms with Crippen LogP contribution in [0.3, 0.4) is 0 Å². The maximum atomic E-state index is 12.4. The van der Waals surface area contributed by atoms with Crippen molar-refractivity contribution in [2.24, 2.45) is 0 Å². The van der Waals surface area contributed by atoms with E-state index in [1.165, 1.54) is 270 Å². The van der Waals surface area contributed by atoms with E-state index >= 15 is 0 Å². The Kier molecular flexibility index (Phi) is 61.0. The van der Waals surface area contributed by atoms with Gasteiger partial charge in [-0.25, -0.2) is 0 Å². The van der Waals surface area contributed by atoms with Crippen molar-refractivity contribution in [3.8, 4) is 0 Å². The van der Waals surface area contributed by atoms with Gasteiger partial charge < -0.3 is 20.3 Å². The summed E-state index contributed by atoms with van der Waals surface area (Å²) in [6.45, 7) is 4.92. The topological polar surface area (TPSA) is 95.9 Å². The van der Waals surface area contributed by atoms with Crippen molar-refractivity contribution in [3.05, 3.63) is 36.5 Å². The second kappa shape index (κ2) is 62.6. The number of amides is 1. The van der Waals surface area contributed by atoms with Crippen LogP contribution in [0, 0.1) is 0 Å². The molecular weight excluding hydrogens is 899 g/mol. The average molecular weight is 1030 g/mol. The lowest BCUT2D eigenvalue weighted by Gasteiger charge is -2.22. The van der Waals surface area contributed by atoms with E-state index in [-0.39, 0.29) is 18.5 Å². The van der Waals surface area contributed by atoms with E-state index in [4.69, 9.17) is 4.74 Å². The molecule has 3 N–H and O–H groups in total. The fourth-order valence-electron chi connectivity index (χ4n) is 10.1. The molecule has 0 aromatic rings. The van der Waals surface area contributed by atoms with Crippen LogP contribution >= 0.6 is 0 Å². The second-order valence-electron chi connectivity index (χ2n) is 22.4. The predicted octanol–water partition coefficient (Wildman–Crippen LogP) is 20.8. The summed E-state index contributed by atoms with van der Waals surface area (Å²) in [6.07, 6.45) is 79.0. The first-order valence-corrected chi connectivity index (χ1v) is 32.7. The van der Waals surface area contributed by atoms with Gasteiger partial charge >= 0.3 is 5.97 Å². The summed E-state index contributed by atoms with van der Waals surface area (Å²) in [5.74, 6) is -0.0257. The van der Waals surface area contributed by atoms with Gasteiger partial charge in [0.25, 0.3) is 0 Å². The summed E-state index contributed by atoms with van der Waals surface area (Å²) in [6, 6.07) is -0.538. The lowest BCUT2D eigenvalue weighted by Crippen LogP contribution is -2.45. The lowest BCUT2D eigenvalue weighted by atomic mass is 10.0. The Morgan fingerprint density at radius 3 is 1.08 bits per heavy atom. The smallest absolute Gasteiger partial charge is 0.305 e. The molecule has 430 valence electrons. The number of hydrogen-bond donors (Lipinski definition) is 3. The Morgan fingerprint density at radius 1 is 0.384 bits per heavy atom. The SMILES string of the molecule is CCCCC/C=C\C/C=C\CCCCCCCCCC(=O)OCCCCCCCCCCCCCC/C=C\CCCCCCCCCCCCCCCCC(=O)NC(CO)C(O)CCCCCCCCCCC. The molecule has 0 heterocycles. The molecule has 0 aliphatic heterocycles. The van der Waals surface area contributed by atoms with Crippen LogP contribution < -0.4 is 5.32 Å². The van der Waals surface area contributed by atoms with Gasteiger partial charge in [-0.3, -0.25) is 9.59 Å². The zero-order chi connectivity index (χ0) is 52.9. The minimum absolute atomic E-state index is 0.00934. The van der Waals surface area contributed by atoms with Gasteiger partial charge in [0.1, 0.15) is 0 Å². The molecule has 2 atom stereocenters. The largest absolute Gasteiger partial charge is 0.466 e. The van der Waals surface area contributed by atoms with Crippen LogP contribution in [-0.4, -0.2) is 47.4 Å². The molecule has 0 fully saturated rings. The molecule has 0 aromatic carbocycles. The van der Waals surface area contributed by atoms with Crippen molar-refractivity contribution in [2.45, 2.75) is 366 Å². The zero-order valence-corrected chi connectivity index (χ0v) is 49.1. The van der Waals surface area contributed by atoms with Crippen LogP contribution in [0.2, 0.25) is 0 Å². The zero-order valence-electron chi connectivity index (χ0n) is 49.1. The molecule has 0 aliphatic carbocycles. The highest BCUT2D eigenvalue weighted by Gasteiger charge is 2.20. The van der Waals surface area contributed by atoms with E-state index in [1.807, 2.05) is 0 Å². The van der Waals surface area contributed by atoms with Gasteiger partial charge in [-0.2, -0.15) is 0 Å². The molecule has 0 bridgehead atoms. The molecule has 2 unspecified atom stereocenters. The Hall–Kier alpha value is -1.92. The predicted molar refractivity (Wildman–Crippen MR) is 319 cm³/mol. The van der Waals surface area contributed by atoms with Crippen LogP contribution in [0.25, 0.3) is 0 Å². The van der Waals surface area contributed by atoms with E-state index in [1.54, 1.807) is 0 Å². The Morgan fingerprint density at radius 2 is 0.685 bits per heavy atom. The van der Waals surface area contributed by atoms with Gasteiger partial charge in [0.15, 0.2) is 0 Å². The third-order valence-electron chi connectivity index (χ3n) is 15.2. The number of nitrogens with one attached hydrogen (secondary N) is 1. The van der Waals surface area contributed by atoms with E-state index in [0.717, 1.165) is 51.4 Å². The number of hydrogen-bond acceptors (Lipinski definition) is 5. The molecule has 0 aromatic heterocycles. The Bertz CT molecular complexity index is 1180. The first-order chi connectivity index (χ1) is 36.0. The number of unbranched alkanes of at least 4 members (excludes halogenated alkanes) is 44. The molecule has 0 rings (SSSR count). The molecule has 0 aliphatic rings. The number of ether oxygens (including phenoxy) is 1. The fraction of sp³-hybridized carbons (Fsp3) is 0.881. The third-order valence-corrected chi connectivity index (χ3v) is 15.2. The third kappa shape index (κ3) is 59.2. The maximum absolute atomic E-state index is 12.4. The van der Waals surface area contributed by atoms with Crippen molar-refractivity contribution < 1.29 is 24.5 Å². The Labute approximate surface area is 455 Å². The summed E-state index contributed by atoms with van der Waals surface area (Å²) in [5, 5.41) is 23.1. The minimum atomic E-state index is -0.661. The van der Waals surface area contributed by atoms with E-state index < -0.39 is 12.1 Å². The van der Waals surface area contributed by atoms with E-state index in [2.05, 4.69) is 55.6 Å². The first kappa shape index (κ1) is 71.1. The number of rotatable bonds is 61. The molecule has 0 spiro atoms. The van der Waals surface area contributed by atoms with Gasteiger partial charge in [0.05, 0.1) is 25.4 Å². The molecule has 6 heteroatoms. The summed E-state index contributed by atoms with van der Waals surface area (Å²) in [7, 11) is 0. The molecular formula is C67H127NO5. The highest BCUT2D eigenvalue weighted by atomic mass is 16.5. The number of aliphatic hydroxyl groups excluding tert-OH is 2. The van der Waals surface area contributed by atoms with Crippen LogP contribution in [-0.2, 0) is 14.3 Å². The highest BCUT2D eigenvalue weighted by Crippen LogP contribution is 2.18. The summed E-state index contributed by atoms with van der Waals surface area (Å²) < 4.78 is 5.49. The Balaban J connectivity index is 3.33. The molecule has 1 amide bonds. The molecule has 73 heavy (non-hydrogen) atoms. The van der Waals surface area contributed by atoms with Gasteiger partial charge in [-0.05, 0) is 83.5 Å².